The number of ether oxygens (including phenoxy) is 1. The monoisotopic (exact) mass is 448 g/mol. The molecule has 2 N–H and O–H groups in total. The molecule has 7 nitrogen and oxygen atoms in total. The molecule has 0 aliphatic carbocycles. The first-order chi connectivity index (χ1) is 16.1. The molecular formula is C26H32N4O3. The van der Waals surface area contributed by atoms with E-state index < -0.39 is 0 Å². The zero-order valence-corrected chi connectivity index (χ0v) is 19.0. The van der Waals surface area contributed by atoms with Gasteiger partial charge in [-0.05, 0) is 49.2 Å². The topological polar surface area (TPSA) is 85.7 Å². The maximum atomic E-state index is 13.1. The van der Waals surface area contributed by atoms with E-state index in [0.717, 1.165) is 30.8 Å². The van der Waals surface area contributed by atoms with E-state index in [-0.39, 0.29) is 31.1 Å². The van der Waals surface area contributed by atoms with E-state index in [0.29, 0.717) is 30.8 Å². The standard InChI is InChI=1S/C26H32N4O3/c27-23-16-24(18-33-19-25(31)28-12-15-29-13-4-5-14-29)30(17-23)26(32)22-10-8-21(9-11-22)20-6-2-1-3-7-20/h1-3,6-11,24,27H,4-5,12-19H2,(H,28,31)/t24-/m0/s1. The van der Waals surface area contributed by atoms with Gasteiger partial charge in [-0.1, -0.05) is 42.5 Å². The maximum Gasteiger partial charge on any atom is 0.254 e. The minimum atomic E-state index is -0.226. The van der Waals surface area contributed by atoms with Gasteiger partial charge in [-0.15, -0.1) is 0 Å². The maximum absolute atomic E-state index is 13.1. The highest BCUT2D eigenvalue weighted by Gasteiger charge is 2.32. The summed E-state index contributed by atoms with van der Waals surface area (Å²) in [6.45, 7) is 4.23. The van der Waals surface area contributed by atoms with Crippen LogP contribution in [0, 0.1) is 5.41 Å². The molecule has 33 heavy (non-hydrogen) atoms. The number of rotatable bonds is 9. The van der Waals surface area contributed by atoms with Gasteiger partial charge in [-0.25, -0.2) is 0 Å². The summed E-state index contributed by atoms with van der Waals surface area (Å²) in [6, 6.07) is 17.4. The predicted molar refractivity (Wildman–Crippen MR) is 129 cm³/mol. The molecule has 2 amide bonds. The van der Waals surface area contributed by atoms with Crippen molar-refractivity contribution in [2.24, 2.45) is 0 Å². The van der Waals surface area contributed by atoms with Crippen LogP contribution < -0.4 is 5.32 Å². The Morgan fingerprint density at radius 3 is 2.42 bits per heavy atom. The fourth-order valence-corrected chi connectivity index (χ4v) is 4.48. The number of carbonyl (C=O) groups is 2. The van der Waals surface area contributed by atoms with E-state index in [4.69, 9.17) is 10.1 Å². The van der Waals surface area contributed by atoms with Gasteiger partial charge in [0.25, 0.3) is 5.91 Å². The van der Waals surface area contributed by atoms with Gasteiger partial charge in [0.1, 0.15) is 6.61 Å². The first-order valence-corrected chi connectivity index (χ1v) is 11.7. The lowest BCUT2D eigenvalue weighted by Gasteiger charge is -2.24. The highest BCUT2D eigenvalue weighted by molar-refractivity contribution is 6.00. The SMILES string of the molecule is N=C1C[C@@H](COCC(=O)NCCN2CCCC2)N(C(=O)c2ccc(-c3ccccc3)cc2)C1. The molecule has 0 aromatic heterocycles. The van der Waals surface area contributed by atoms with Crippen molar-refractivity contribution in [3.8, 4) is 11.1 Å². The van der Waals surface area contributed by atoms with Gasteiger partial charge in [0.15, 0.2) is 0 Å². The summed E-state index contributed by atoms with van der Waals surface area (Å²) in [6.07, 6.45) is 2.95. The number of hydrogen-bond acceptors (Lipinski definition) is 5. The minimum Gasteiger partial charge on any atom is -0.369 e. The fraction of sp³-hybridized carbons (Fsp3) is 0.423. The summed E-state index contributed by atoms with van der Waals surface area (Å²) >= 11 is 0. The van der Waals surface area contributed by atoms with Crippen molar-refractivity contribution in [3.63, 3.8) is 0 Å². The molecule has 174 valence electrons. The average Bonchev–Trinajstić information content (AvgIpc) is 3.49. The molecule has 2 fully saturated rings. The summed E-state index contributed by atoms with van der Waals surface area (Å²) in [4.78, 5) is 29.2. The smallest absolute Gasteiger partial charge is 0.254 e. The molecule has 4 rings (SSSR count). The second kappa shape index (κ2) is 11.2. The molecule has 2 saturated heterocycles. The number of nitrogens with one attached hydrogen (secondary N) is 2. The molecule has 0 saturated carbocycles. The highest BCUT2D eigenvalue weighted by Crippen LogP contribution is 2.22. The van der Waals surface area contributed by atoms with Crippen molar-refractivity contribution in [2.45, 2.75) is 25.3 Å². The molecule has 0 unspecified atom stereocenters. The van der Waals surface area contributed by atoms with Crippen LogP contribution in [0.4, 0.5) is 0 Å². The first kappa shape index (κ1) is 23.1. The van der Waals surface area contributed by atoms with Crippen molar-refractivity contribution in [1.29, 1.82) is 5.41 Å². The Bertz CT molecular complexity index is 955. The van der Waals surface area contributed by atoms with Gasteiger partial charge in [-0.2, -0.15) is 0 Å². The third-order valence-corrected chi connectivity index (χ3v) is 6.28. The summed E-state index contributed by atoms with van der Waals surface area (Å²) in [7, 11) is 0. The lowest BCUT2D eigenvalue weighted by Crippen LogP contribution is -2.40. The molecule has 2 aliphatic rings. The lowest BCUT2D eigenvalue weighted by atomic mass is 10.0. The van der Waals surface area contributed by atoms with Crippen molar-refractivity contribution in [1.82, 2.24) is 15.1 Å². The van der Waals surface area contributed by atoms with E-state index in [2.05, 4.69) is 10.2 Å². The second-order valence-electron chi connectivity index (χ2n) is 8.75. The van der Waals surface area contributed by atoms with Crippen LogP contribution in [0.3, 0.4) is 0 Å². The largest absolute Gasteiger partial charge is 0.369 e. The van der Waals surface area contributed by atoms with Gasteiger partial charge in [0.2, 0.25) is 5.91 Å². The van der Waals surface area contributed by atoms with Gasteiger partial charge >= 0.3 is 0 Å². The molecular weight excluding hydrogens is 416 g/mol. The second-order valence-corrected chi connectivity index (χ2v) is 8.75. The Morgan fingerprint density at radius 1 is 1.00 bits per heavy atom. The van der Waals surface area contributed by atoms with Crippen molar-refractivity contribution in [3.05, 3.63) is 60.2 Å². The Morgan fingerprint density at radius 2 is 1.70 bits per heavy atom. The van der Waals surface area contributed by atoms with E-state index in [1.807, 2.05) is 54.6 Å². The molecule has 0 radical (unpaired) electrons. The van der Waals surface area contributed by atoms with Crippen LogP contribution in [-0.4, -0.2) is 79.3 Å². The summed E-state index contributed by atoms with van der Waals surface area (Å²) in [5.41, 5.74) is 3.25. The molecule has 2 aromatic rings. The van der Waals surface area contributed by atoms with Gasteiger partial charge < -0.3 is 25.3 Å². The zero-order chi connectivity index (χ0) is 23.0. The van der Waals surface area contributed by atoms with Crippen molar-refractivity contribution >= 4 is 17.5 Å². The van der Waals surface area contributed by atoms with Gasteiger partial charge in [0, 0.05) is 30.8 Å². The average molecular weight is 449 g/mol. The normalized spacial score (nSPS) is 18.6. The molecule has 0 bridgehead atoms. The molecule has 0 spiro atoms. The van der Waals surface area contributed by atoms with Crippen LogP contribution in [0.25, 0.3) is 11.1 Å². The quantitative estimate of drug-likeness (QED) is 0.618. The Kier molecular flexibility index (Phi) is 7.86. The summed E-state index contributed by atoms with van der Waals surface area (Å²) < 4.78 is 5.63. The Balaban J connectivity index is 1.26. The number of carbonyl (C=O) groups excluding carboxylic acids is 2. The molecule has 2 heterocycles. The van der Waals surface area contributed by atoms with Crippen LogP contribution in [0.1, 0.15) is 29.6 Å². The van der Waals surface area contributed by atoms with Gasteiger partial charge in [-0.3, -0.25) is 9.59 Å². The molecule has 1 atom stereocenters. The number of nitrogens with zero attached hydrogens (tertiary/aromatic N) is 2. The Labute approximate surface area is 195 Å². The lowest BCUT2D eigenvalue weighted by molar-refractivity contribution is -0.126. The van der Waals surface area contributed by atoms with Crippen LogP contribution in [0.5, 0.6) is 0 Å². The Hall–Kier alpha value is -3.03. The fourth-order valence-electron chi connectivity index (χ4n) is 4.48. The van der Waals surface area contributed by atoms with Crippen LogP contribution in [0.2, 0.25) is 0 Å². The van der Waals surface area contributed by atoms with E-state index in [1.165, 1.54) is 12.8 Å². The number of benzene rings is 2. The molecule has 2 aromatic carbocycles. The van der Waals surface area contributed by atoms with Gasteiger partial charge in [0.05, 0.1) is 19.2 Å². The van der Waals surface area contributed by atoms with Crippen LogP contribution in [-0.2, 0) is 9.53 Å². The molecule has 7 heteroatoms. The zero-order valence-electron chi connectivity index (χ0n) is 19.0. The molecule has 2 aliphatic heterocycles. The first-order valence-electron chi connectivity index (χ1n) is 11.7. The van der Waals surface area contributed by atoms with Crippen LogP contribution in [0.15, 0.2) is 54.6 Å². The van der Waals surface area contributed by atoms with E-state index in [9.17, 15) is 9.59 Å². The predicted octanol–water partition coefficient (Wildman–Crippen LogP) is 2.82. The van der Waals surface area contributed by atoms with Crippen molar-refractivity contribution < 1.29 is 14.3 Å². The summed E-state index contributed by atoms with van der Waals surface area (Å²) in [5.74, 6) is -0.253. The number of amides is 2. The minimum absolute atomic E-state index is 0.0301. The number of likely N-dealkylation sites (tertiary alicyclic amines) is 2. The van der Waals surface area contributed by atoms with E-state index >= 15 is 0 Å². The third-order valence-electron chi connectivity index (χ3n) is 6.28. The van der Waals surface area contributed by atoms with Crippen molar-refractivity contribution in [2.75, 3.05) is 45.9 Å². The van der Waals surface area contributed by atoms with E-state index in [1.54, 1.807) is 4.90 Å². The highest BCUT2D eigenvalue weighted by atomic mass is 16.5. The number of hydrogen-bond donors (Lipinski definition) is 2. The third kappa shape index (κ3) is 6.27. The summed E-state index contributed by atoms with van der Waals surface area (Å²) in [5, 5.41) is 11.0. The van der Waals surface area contributed by atoms with Crippen LogP contribution >= 0.6 is 0 Å².